The summed E-state index contributed by atoms with van der Waals surface area (Å²) in [5.74, 6) is 0.870. The molecule has 148 valence electrons. The molecule has 2 aromatic rings. The maximum absolute atomic E-state index is 13.2. The second-order valence-electron chi connectivity index (χ2n) is 7.33. The van der Waals surface area contributed by atoms with E-state index in [9.17, 15) is 9.18 Å². The van der Waals surface area contributed by atoms with Gasteiger partial charge in [0.25, 0.3) is 5.91 Å². The Morgan fingerprint density at radius 2 is 1.61 bits per heavy atom. The highest BCUT2D eigenvalue weighted by Gasteiger charge is 2.50. The zero-order valence-electron chi connectivity index (χ0n) is 16.0. The quantitative estimate of drug-likeness (QED) is 0.715. The maximum atomic E-state index is 13.2. The van der Waals surface area contributed by atoms with E-state index >= 15 is 0 Å². The minimum Gasteiger partial charge on any atom is -0.497 e. The van der Waals surface area contributed by atoms with Crippen LogP contribution in [-0.2, 0) is 4.79 Å². The predicted molar refractivity (Wildman–Crippen MR) is 105 cm³/mol. The third kappa shape index (κ3) is 3.83. The first-order chi connectivity index (χ1) is 13.7. The molecule has 0 radical (unpaired) electrons. The highest BCUT2D eigenvalue weighted by atomic mass is 19.1. The summed E-state index contributed by atoms with van der Waals surface area (Å²) in [6.45, 7) is 2.86. The Kier molecular flexibility index (Phi) is 5.48. The SMILES string of the molecule is COc1ccc(N2C(=O)[C@@H](Oc3ccc(F)cc3)[C@H]2CN2CCCCC2)cc1. The van der Waals surface area contributed by atoms with Gasteiger partial charge in [0.1, 0.15) is 17.3 Å². The Labute approximate surface area is 164 Å². The van der Waals surface area contributed by atoms with Crippen molar-refractivity contribution in [3.63, 3.8) is 0 Å². The fourth-order valence-corrected chi connectivity index (χ4v) is 3.95. The van der Waals surface area contributed by atoms with E-state index in [1.165, 1.54) is 31.4 Å². The summed E-state index contributed by atoms with van der Waals surface area (Å²) in [5, 5.41) is 0. The number of carbonyl (C=O) groups is 1. The lowest BCUT2D eigenvalue weighted by Gasteiger charge is -2.48. The molecular weight excluding hydrogens is 359 g/mol. The second kappa shape index (κ2) is 8.19. The van der Waals surface area contributed by atoms with Crippen molar-refractivity contribution in [1.82, 2.24) is 4.90 Å². The molecule has 2 heterocycles. The summed E-state index contributed by atoms with van der Waals surface area (Å²) in [5.41, 5.74) is 0.840. The van der Waals surface area contributed by atoms with Gasteiger partial charge in [0.2, 0.25) is 0 Å². The molecule has 0 spiro atoms. The van der Waals surface area contributed by atoms with Gasteiger partial charge in [0.05, 0.1) is 13.2 Å². The highest BCUT2D eigenvalue weighted by molar-refractivity contribution is 6.05. The summed E-state index contributed by atoms with van der Waals surface area (Å²) in [6, 6.07) is 13.3. The van der Waals surface area contributed by atoms with Gasteiger partial charge >= 0.3 is 0 Å². The predicted octanol–water partition coefficient (Wildman–Crippen LogP) is 3.48. The van der Waals surface area contributed by atoms with E-state index in [0.29, 0.717) is 5.75 Å². The Hall–Kier alpha value is -2.60. The normalized spacial score (nSPS) is 22.6. The van der Waals surface area contributed by atoms with E-state index in [1.807, 2.05) is 29.2 Å². The van der Waals surface area contributed by atoms with Crippen LogP contribution in [0, 0.1) is 5.82 Å². The molecule has 0 bridgehead atoms. The molecule has 2 aromatic carbocycles. The van der Waals surface area contributed by atoms with E-state index in [0.717, 1.165) is 31.1 Å². The molecule has 0 N–H and O–H groups in total. The van der Waals surface area contributed by atoms with Crippen LogP contribution in [0.3, 0.4) is 0 Å². The molecule has 1 amide bonds. The number of rotatable bonds is 6. The Morgan fingerprint density at radius 1 is 0.964 bits per heavy atom. The molecule has 5 nitrogen and oxygen atoms in total. The summed E-state index contributed by atoms with van der Waals surface area (Å²) in [4.78, 5) is 17.1. The Bertz CT molecular complexity index is 804. The standard InChI is InChI=1S/C22H25FN2O3/c1-27-18-11-7-17(8-12-18)25-20(15-24-13-3-2-4-14-24)21(22(25)26)28-19-9-5-16(23)6-10-19/h5-12,20-21H,2-4,13-15H2,1H3/t20-,21+/m1/s1. The fourth-order valence-electron chi connectivity index (χ4n) is 3.95. The molecule has 6 heteroatoms. The molecular formula is C22H25FN2O3. The van der Waals surface area contributed by atoms with Crippen molar-refractivity contribution in [2.45, 2.75) is 31.4 Å². The number of piperidine rings is 1. The molecule has 2 atom stereocenters. The van der Waals surface area contributed by atoms with Crippen molar-refractivity contribution in [1.29, 1.82) is 0 Å². The first-order valence-corrected chi connectivity index (χ1v) is 9.77. The smallest absolute Gasteiger partial charge is 0.270 e. The summed E-state index contributed by atoms with van der Waals surface area (Å²) >= 11 is 0. The van der Waals surface area contributed by atoms with Gasteiger partial charge in [0.15, 0.2) is 6.10 Å². The number of methoxy groups -OCH3 is 1. The van der Waals surface area contributed by atoms with E-state index in [1.54, 1.807) is 19.2 Å². The van der Waals surface area contributed by atoms with Crippen LogP contribution in [0.5, 0.6) is 11.5 Å². The van der Waals surface area contributed by atoms with Crippen molar-refractivity contribution in [2.75, 3.05) is 31.6 Å². The molecule has 28 heavy (non-hydrogen) atoms. The van der Waals surface area contributed by atoms with Gasteiger partial charge in [-0.15, -0.1) is 0 Å². The number of hydrogen-bond donors (Lipinski definition) is 0. The molecule has 4 rings (SSSR count). The number of nitrogens with zero attached hydrogens (tertiary/aromatic N) is 2. The number of carbonyl (C=O) groups excluding carboxylic acids is 1. The molecule has 0 unspecified atom stereocenters. The van der Waals surface area contributed by atoms with Crippen LogP contribution in [0.15, 0.2) is 48.5 Å². The van der Waals surface area contributed by atoms with Crippen LogP contribution in [-0.4, -0.2) is 49.7 Å². The molecule has 2 fully saturated rings. The zero-order chi connectivity index (χ0) is 19.5. The van der Waals surface area contributed by atoms with Gasteiger partial charge < -0.3 is 19.3 Å². The largest absolute Gasteiger partial charge is 0.497 e. The van der Waals surface area contributed by atoms with Gasteiger partial charge in [-0.2, -0.15) is 0 Å². The van der Waals surface area contributed by atoms with Gasteiger partial charge in [-0.05, 0) is 74.5 Å². The first-order valence-electron chi connectivity index (χ1n) is 9.77. The third-order valence-electron chi connectivity index (χ3n) is 5.48. The third-order valence-corrected chi connectivity index (χ3v) is 5.48. The lowest BCUT2D eigenvalue weighted by molar-refractivity contribution is -0.135. The number of amides is 1. The van der Waals surface area contributed by atoms with Crippen molar-refractivity contribution in [2.24, 2.45) is 0 Å². The monoisotopic (exact) mass is 384 g/mol. The number of β-lactam (4-membered cyclic amide) rings is 1. The minimum atomic E-state index is -0.561. The number of likely N-dealkylation sites (tertiary alicyclic amines) is 1. The highest BCUT2D eigenvalue weighted by Crippen LogP contribution is 2.33. The van der Waals surface area contributed by atoms with Gasteiger partial charge in [-0.3, -0.25) is 4.79 Å². The number of anilines is 1. The van der Waals surface area contributed by atoms with Crippen molar-refractivity contribution < 1.29 is 18.7 Å². The number of hydrogen-bond acceptors (Lipinski definition) is 4. The number of ether oxygens (including phenoxy) is 2. The fraction of sp³-hybridized carbons (Fsp3) is 0.409. The van der Waals surface area contributed by atoms with Crippen LogP contribution in [0.2, 0.25) is 0 Å². The summed E-state index contributed by atoms with van der Waals surface area (Å²) < 4.78 is 24.4. The van der Waals surface area contributed by atoms with E-state index in [-0.39, 0.29) is 17.8 Å². The van der Waals surface area contributed by atoms with Crippen LogP contribution in [0.25, 0.3) is 0 Å². The van der Waals surface area contributed by atoms with Crippen LogP contribution in [0.4, 0.5) is 10.1 Å². The van der Waals surface area contributed by atoms with Crippen LogP contribution >= 0.6 is 0 Å². The zero-order valence-corrected chi connectivity index (χ0v) is 16.0. The first kappa shape index (κ1) is 18.7. The summed E-state index contributed by atoms with van der Waals surface area (Å²) in [7, 11) is 1.62. The van der Waals surface area contributed by atoms with Gasteiger partial charge in [-0.1, -0.05) is 6.42 Å². The van der Waals surface area contributed by atoms with Gasteiger partial charge in [0, 0.05) is 12.2 Å². The molecule has 0 aromatic heterocycles. The summed E-state index contributed by atoms with van der Waals surface area (Å²) in [6.07, 6.45) is 3.08. The Balaban J connectivity index is 1.54. The molecule has 2 aliphatic rings. The van der Waals surface area contributed by atoms with E-state index in [4.69, 9.17) is 9.47 Å². The van der Waals surface area contributed by atoms with Gasteiger partial charge in [-0.25, -0.2) is 4.39 Å². The van der Waals surface area contributed by atoms with E-state index in [2.05, 4.69) is 4.90 Å². The number of halogens is 1. The number of benzene rings is 2. The maximum Gasteiger partial charge on any atom is 0.270 e. The topological polar surface area (TPSA) is 42.0 Å². The Morgan fingerprint density at radius 3 is 2.25 bits per heavy atom. The van der Waals surface area contributed by atoms with Crippen molar-refractivity contribution in [3.05, 3.63) is 54.3 Å². The lowest BCUT2D eigenvalue weighted by atomic mass is 9.94. The van der Waals surface area contributed by atoms with Crippen molar-refractivity contribution in [3.8, 4) is 11.5 Å². The average Bonchev–Trinajstić information content (AvgIpc) is 2.74. The molecule has 2 saturated heterocycles. The van der Waals surface area contributed by atoms with Crippen molar-refractivity contribution >= 4 is 11.6 Å². The average molecular weight is 384 g/mol. The lowest BCUT2D eigenvalue weighted by Crippen LogP contribution is -2.70. The second-order valence-corrected chi connectivity index (χ2v) is 7.33. The molecule has 0 aliphatic carbocycles. The van der Waals surface area contributed by atoms with Crippen LogP contribution < -0.4 is 14.4 Å². The minimum absolute atomic E-state index is 0.0727. The van der Waals surface area contributed by atoms with E-state index < -0.39 is 6.10 Å². The molecule has 2 aliphatic heterocycles. The molecule has 0 saturated carbocycles. The van der Waals surface area contributed by atoms with Crippen LogP contribution in [0.1, 0.15) is 19.3 Å².